The van der Waals surface area contributed by atoms with E-state index in [1.54, 1.807) is 7.05 Å². The fourth-order valence-corrected chi connectivity index (χ4v) is 3.94. The van der Waals surface area contributed by atoms with E-state index in [0.717, 1.165) is 19.5 Å². The summed E-state index contributed by atoms with van der Waals surface area (Å²) in [5, 5.41) is 5.81. The van der Waals surface area contributed by atoms with Crippen LogP contribution in [0.1, 0.15) is 42.0 Å². The van der Waals surface area contributed by atoms with Crippen molar-refractivity contribution < 1.29 is 4.79 Å². The van der Waals surface area contributed by atoms with Crippen molar-refractivity contribution >= 4 is 6.03 Å². The first-order chi connectivity index (χ1) is 10.0. The summed E-state index contributed by atoms with van der Waals surface area (Å²) in [5.74, 6) is 0. The number of nitrogens with zero attached hydrogens (tertiary/aromatic N) is 1. The molecule has 1 aliphatic carbocycles. The molecule has 4 nitrogen and oxygen atoms in total. The number of amides is 2. The Morgan fingerprint density at radius 3 is 2.71 bits per heavy atom. The van der Waals surface area contributed by atoms with Crippen LogP contribution in [0.3, 0.4) is 0 Å². The van der Waals surface area contributed by atoms with Gasteiger partial charge in [-0.25, -0.2) is 4.79 Å². The van der Waals surface area contributed by atoms with Crippen molar-refractivity contribution in [2.24, 2.45) is 0 Å². The molecule has 1 saturated heterocycles. The highest BCUT2D eigenvalue weighted by Crippen LogP contribution is 2.50. The second-order valence-electron chi connectivity index (χ2n) is 6.65. The molecule has 114 valence electrons. The SMILES string of the molecule is CNC(=O)NC1CC2(CCN(C)CC2)c2ccc(C)cc21. The molecule has 2 aliphatic rings. The number of hydrogen-bond donors (Lipinski definition) is 2. The lowest BCUT2D eigenvalue weighted by atomic mass is 9.73. The molecule has 3 rings (SSSR count). The molecule has 1 fully saturated rings. The van der Waals surface area contributed by atoms with E-state index in [9.17, 15) is 4.79 Å². The number of carbonyl (C=O) groups is 1. The van der Waals surface area contributed by atoms with Crippen molar-refractivity contribution in [2.75, 3.05) is 27.2 Å². The van der Waals surface area contributed by atoms with Gasteiger partial charge in [0.1, 0.15) is 0 Å². The fourth-order valence-electron chi connectivity index (χ4n) is 3.94. The van der Waals surface area contributed by atoms with Crippen LogP contribution in [0.2, 0.25) is 0 Å². The minimum Gasteiger partial charge on any atom is -0.341 e. The van der Waals surface area contributed by atoms with Gasteiger partial charge >= 0.3 is 6.03 Å². The molecule has 1 heterocycles. The smallest absolute Gasteiger partial charge is 0.315 e. The zero-order chi connectivity index (χ0) is 15.0. The molecule has 0 bridgehead atoms. The Morgan fingerprint density at radius 1 is 1.33 bits per heavy atom. The molecule has 1 spiro atoms. The van der Waals surface area contributed by atoms with E-state index in [-0.39, 0.29) is 17.5 Å². The number of hydrogen-bond acceptors (Lipinski definition) is 2. The topological polar surface area (TPSA) is 44.4 Å². The summed E-state index contributed by atoms with van der Waals surface area (Å²) in [6.07, 6.45) is 3.41. The van der Waals surface area contributed by atoms with E-state index in [2.05, 4.69) is 47.7 Å². The number of nitrogens with one attached hydrogen (secondary N) is 2. The molecule has 1 unspecified atom stereocenters. The van der Waals surface area contributed by atoms with Crippen LogP contribution in [0, 0.1) is 6.92 Å². The van der Waals surface area contributed by atoms with Crippen LogP contribution in [-0.4, -0.2) is 38.1 Å². The molecule has 4 heteroatoms. The second-order valence-corrected chi connectivity index (χ2v) is 6.65. The zero-order valence-electron chi connectivity index (χ0n) is 13.2. The van der Waals surface area contributed by atoms with E-state index < -0.39 is 0 Å². The lowest BCUT2D eigenvalue weighted by molar-refractivity contribution is 0.178. The van der Waals surface area contributed by atoms with Gasteiger partial charge in [0.2, 0.25) is 0 Å². The third-order valence-electron chi connectivity index (χ3n) is 5.23. The number of rotatable bonds is 1. The number of likely N-dealkylation sites (tertiary alicyclic amines) is 1. The maximum Gasteiger partial charge on any atom is 0.315 e. The summed E-state index contributed by atoms with van der Waals surface area (Å²) in [6, 6.07) is 6.81. The number of fused-ring (bicyclic) bond motifs is 2. The standard InChI is InChI=1S/C17H25N3O/c1-12-4-5-14-13(10-12)15(19-16(21)18-2)11-17(14)6-8-20(3)9-7-17/h4-5,10,15H,6-9,11H2,1-3H3,(H2,18,19,21). The predicted molar refractivity (Wildman–Crippen MR) is 84.5 cm³/mol. The highest BCUT2D eigenvalue weighted by Gasteiger charge is 2.45. The normalized spacial score (nSPS) is 23.9. The Balaban J connectivity index is 1.94. The van der Waals surface area contributed by atoms with Crippen LogP contribution >= 0.6 is 0 Å². The Hall–Kier alpha value is -1.55. The number of piperidine rings is 1. The first kappa shape index (κ1) is 14.4. The lowest BCUT2D eigenvalue weighted by Gasteiger charge is -2.39. The quantitative estimate of drug-likeness (QED) is 0.832. The minimum absolute atomic E-state index is 0.0857. The zero-order valence-corrected chi connectivity index (χ0v) is 13.2. The molecule has 1 aromatic rings. The van der Waals surface area contributed by atoms with Crippen molar-refractivity contribution in [3.05, 3.63) is 34.9 Å². The van der Waals surface area contributed by atoms with E-state index >= 15 is 0 Å². The van der Waals surface area contributed by atoms with Crippen LogP contribution in [0.4, 0.5) is 4.79 Å². The molecule has 2 amide bonds. The van der Waals surface area contributed by atoms with E-state index in [0.29, 0.717) is 0 Å². The summed E-state index contributed by atoms with van der Waals surface area (Å²) in [7, 11) is 3.87. The maximum atomic E-state index is 11.8. The molecule has 0 saturated carbocycles. The summed E-state index contributed by atoms with van der Waals surface area (Å²) in [5.41, 5.74) is 4.30. The van der Waals surface area contributed by atoms with Gasteiger partial charge in [-0.2, -0.15) is 0 Å². The van der Waals surface area contributed by atoms with Gasteiger partial charge < -0.3 is 15.5 Å². The van der Waals surface area contributed by atoms with Crippen molar-refractivity contribution in [3.8, 4) is 0 Å². The average molecular weight is 287 g/mol. The number of urea groups is 1. The van der Waals surface area contributed by atoms with Crippen LogP contribution in [-0.2, 0) is 5.41 Å². The van der Waals surface area contributed by atoms with Gasteiger partial charge in [-0.3, -0.25) is 0 Å². The van der Waals surface area contributed by atoms with Gasteiger partial charge in [0.05, 0.1) is 6.04 Å². The summed E-state index contributed by atoms with van der Waals surface area (Å²) >= 11 is 0. The van der Waals surface area contributed by atoms with Crippen molar-refractivity contribution in [2.45, 2.75) is 37.6 Å². The van der Waals surface area contributed by atoms with Crippen molar-refractivity contribution in [3.63, 3.8) is 0 Å². The first-order valence-electron chi connectivity index (χ1n) is 7.82. The van der Waals surface area contributed by atoms with Crippen molar-refractivity contribution in [1.82, 2.24) is 15.5 Å². The molecule has 1 aromatic carbocycles. The van der Waals surface area contributed by atoms with Gasteiger partial charge in [0, 0.05) is 12.5 Å². The van der Waals surface area contributed by atoms with Crippen LogP contribution < -0.4 is 10.6 Å². The summed E-state index contributed by atoms with van der Waals surface area (Å²) in [6.45, 7) is 4.40. The number of benzene rings is 1. The molecule has 1 atom stereocenters. The lowest BCUT2D eigenvalue weighted by Crippen LogP contribution is -2.41. The number of carbonyl (C=O) groups excluding carboxylic acids is 1. The van der Waals surface area contributed by atoms with Gasteiger partial charge in [-0.15, -0.1) is 0 Å². The average Bonchev–Trinajstić information content (AvgIpc) is 2.76. The Kier molecular flexibility index (Phi) is 3.66. The third kappa shape index (κ3) is 2.53. The molecule has 21 heavy (non-hydrogen) atoms. The Morgan fingerprint density at radius 2 is 2.05 bits per heavy atom. The van der Waals surface area contributed by atoms with Crippen molar-refractivity contribution in [1.29, 1.82) is 0 Å². The number of aryl methyl sites for hydroxylation is 1. The first-order valence-corrected chi connectivity index (χ1v) is 7.82. The van der Waals surface area contributed by atoms with Gasteiger partial charge in [-0.05, 0) is 57.5 Å². The highest BCUT2D eigenvalue weighted by molar-refractivity contribution is 5.74. The highest BCUT2D eigenvalue weighted by atomic mass is 16.2. The largest absolute Gasteiger partial charge is 0.341 e. The van der Waals surface area contributed by atoms with Crippen LogP contribution in [0.5, 0.6) is 0 Å². The summed E-state index contributed by atoms with van der Waals surface area (Å²) < 4.78 is 0. The third-order valence-corrected chi connectivity index (χ3v) is 5.23. The van der Waals surface area contributed by atoms with Gasteiger partial charge in [-0.1, -0.05) is 23.8 Å². The molecule has 0 aromatic heterocycles. The van der Waals surface area contributed by atoms with E-state index in [1.165, 1.54) is 29.5 Å². The molecule has 1 aliphatic heterocycles. The molecular weight excluding hydrogens is 262 g/mol. The fraction of sp³-hybridized carbons (Fsp3) is 0.588. The van der Waals surface area contributed by atoms with Gasteiger partial charge in [0.15, 0.2) is 0 Å². The van der Waals surface area contributed by atoms with Crippen LogP contribution in [0.15, 0.2) is 18.2 Å². The van der Waals surface area contributed by atoms with E-state index in [1.807, 2.05) is 0 Å². The Bertz CT molecular complexity index is 547. The maximum absolute atomic E-state index is 11.8. The molecule has 2 N–H and O–H groups in total. The second kappa shape index (κ2) is 5.34. The van der Waals surface area contributed by atoms with E-state index in [4.69, 9.17) is 0 Å². The summed E-state index contributed by atoms with van der Waals surface area (Å²) in [4.78, 5) is 14.2. The Labute approximate surface area is 126 Å². The molecule has 0 radical (unpaired) electrons. The monoisotopic (exact) mass is 287 g/mol. The van der Waals surface area contributed by atoms with Crippen LogP contribution in [0.25, 0.3) is 0 Å². The minimum atomic E-state index is -0.0857. The molecular formula is C17H25N3O. The van der Waals surface area contributed by atoms with Gasteiger partial charge in [0.25, 0.3) is 0 Å². The predicted octanol–water partition coefficient (Wildman–Crippen LogP) is 2.33.